The van der Waals surface area contributed by atoms with Crippen molar-refractivity contribution >= 4 is 33.3 Å². The Hall–Kier alpha value is -2.80. The fourth-order valence-corrected chi connectivity index (χ4v) is 4.04. The summed E-state index contributed by atoms with van der Waals surface area (Å²) in [5.74, 6) is 0.653. The van der Waals surface area contributed by atoms with Crippen LogP contribution in [-0.4, -0.2) is 42.2 Å². The summed E-state index contributed by atoms with van der Waals surface area (Å²) in [7, 11) is 1.59. The molecule has 140 valence electrons. The van der Waals surface area contributed by atoms with Gasteiger partial charge in [-0.25, -0.2) is 9.78 Å². The summed E-state index contributed by atoms with van der Waals surface area (Å²) < 4.78 is 12.5. The van der Waals surface area contributed by atoms with E-state index in [0.717, 1.165) is 23.1 Å². The maximum atomic E-state index is 12.5. The fourth-order valence-electron chi connectivity index (χ4n) is 3.16. The van der Waals surface area contributed by atoms with Crippen LogP contribution in [0.15, 0.2) is 48.5 Å². The number of piperidine rings is 1. The molecule has 2 heterocycles. The second-order valence-electron chi connectivity index (χ2n) is 6.38. The second-order valence-corrected chi connectivity index (χ2v) is 7.38. The minimum atomic E-state index is -0.113. The molecule has 3 aromatic rings. The van der Waals surface area contributed by atoms with Crippen LogP contribution in [0.1, 0.15) is 12.8 Å². The molecule has 0 spiro atoms. The van der Waals surface area contributed by atoms with Gasteiger partial charge in [-0.05, 0) is 24.3 Å². The Bertz CT molecular complexity index is 902. The largest absolute Gasteiger partial charge is 0.495 e. The van der Waals surface area contributed by atoms with Gasteiger partial charge in [-0.1, -0.05) is 35.6 Å². The van der Waals surface area contributed by atoms with E-state index < -0.39 is 0 Å². The first kappa shape index (κ1) is 17.6. The zero-order chi connectivity index (χ0) is 18.6. The number of fused-ring (bicyclic) bond motifs is 1. The molecule has 2 amide bonds. The minimum Gasteiger partial charge on any atom is -0.495 e. The number of rotatable bonds is 4. The summed E-state index contributed by atoms with van der Waals surface area (Å²) in [6, 6.07) is 15.3. The first-order chi connectivity index (χ1) is 13.2. The molecule has 1 fully saturated rings. The van der Waals surface area contributed by atoms with Gasteiger partial charge in [-0.15, -0.1) is 0 Å². The highest BCUT2D eigenvalue weighted by atomic mass is 32.1. The van der Waals surface area contributed by atoms with Crippen LogP contribution in [0, 0.1) is 0 Å². The number of nitrogens with one attached hydrogen (secondary N) is 1. The Morgan fingerprint density at radius 1 is 1.15 bits per heavy atom. The smallest absolute Gasteiger partial charge is 0.321 e. The summed E-state index contributed by atoms with van der Waals surface area (Å²) in [5.41, 5.74) is 1.64. The van der Waals surface area contributed by atoms with E-state index in [1.54, 1.807) is 18.4 Å². The lowest BCUT2D eigenvalue weighted by Gasteiger charge is -2.31. The molecule has 1 saturated heterocycles. The Morgan fingerprint density at radius 2 is 1.89 bits per heavy atom. The highest BCUT2D eigenvalue weighted by molar-refractivity contribution is 7.20. The van der Waals surface area contributed by atoms with Crippen LogP contribution in [0.3, 0.4) is 0 Å². The van der Waals surface area contributed by atoms with Crippen molar-refractivity contribution in [3.63, 3.8) is 0 Å². The summed E-state index contributed by atoms with van der Waals surface area (Å²) in [6.45, 7) is 1.30. The average molecular weight is 383 g/mol. The molecule has 1 N–H and O–H groups in total. The zero-order valence-electron chi connectivity index (χ0n) is 15.1. The number of amides is 2. The van der Waals surface area contributed by atoms with Crippen LogP contribution < -0.4 is 14.8 Å². The van der Waals surface area contributed by atoms with Gasteiger partial charge in [-0.2, -0.15) is 0 Å². The highest BCUT2D eigenvalue weighted by Gasteiger charge is 2.25. The van der Waals surface area contributed by atoms with Gasteiger partial charge in [0.2, 0.25) is 0 Å². The van der Waals surface area contributed by atoms with Crippen LogP contribution >= 0.6 is 11.3 Å². The Balaban J connectivity index is 1.32. The van der Waals surface area contributed by atoms with Crippen LogP contribution in [-0.2, 0) is 0 Å². The monoisotopic (exact) mass is 383 g/mol. The number of carbonyl (C=O) groups is 1. The molecule has 0 unspecified atom stereocenters. The molecule has 7 heteroatoms. The first-order valence-electron chi connectivity index (χ1n) is 8.94. The number of likely N-dealkylation sites (tertiary alicyclic amines) is 1. The Morgan fingerprint density at radius 3 is 2.67 bits per heavy atom. The maximum Gasteiger partial charge on any atom is 0.321 e. The molecule has 1 aromatic heterocycles. The first-order valence-corrected chi connectivity index (χ1v) is 9.76. The lowest BCUT2D eigenvalue weighted by molar-refractivity contribution is 0.115. The molecule has 2 aromatic carbocycles. The van der Waals surface area contributed by atoms with Gasteiger partial charge in [-0.3, -0.25) is 0 Å². The summed E-state index contributed by atoms with van der Waals surface area (Å²) in [5, 5.41) is 3.63. The highest BCUT2D eigenvalue weighted by Crippen LogP contribution is 2.30. The molecular weight excluding hydrogens is 362 g/mol. The van der Waals surface area contributed by atoms with Crippen molar-refractivity contribution in [2.75, 3.05) is 25.5 Å². The van der Waals surface area contributed by atoms with E-state index in [4.69, 9.17) is 9.47 Å². The molecular formula is C20H21N3O3S. The number of aromatic nitrogens is 1. The SMILES string of the molecule is COc1ccccc1NC(=O)N1CCC(Oc2nc3ccccc3s2)CC1. The number of para-hydroxylation sites is 3. The third-order valence-corrected chi connectivity index (χ3v) is 5.55. The molecule has 0 saturated carbocycles. The standard InChI is InChI=1S/C20H21N3O3S/c1-25-17-8-4-2-6-15(17)21-19(24)23-12-10-14(11-13-23)26-20-22-16-7-3-5-9-18(16)27-20/h2-9,14H,10-13H2,1H3,(H,21,24). The van der Waals surface area contributed by atoms with Crippen molar-refractivity contribution < 1.29 is 14.3 Å². The number of carbonyl (C=O) groups excluding carboxylic acids is 1. The van der Waals surface area contributed by atoms with E-state index in [2.05, 4.69) is 10.3 Å². The van der Waals surface area contributed by atoms with Crippen LogP contribution in [0.2, 0.25) is 0 Å². The predicted molar refractivity (Wildman–Crippen MR) is 107 cm³/mol. The van der Waals surface area contributed by atoms with E-state index in [1.165, 1.54) is 0 Å². The topological polar surface area (TPSA) is 63.7 Å². The minimum absolute atomic E-state index is 0.0841. The third kappa shape index (κ3) is 3.98. The molecule has 1 aliphatic rings. The zero-order valence-corrected chi connectivity index (χ0v) is 15.9. The van der Waals surface area contributed by atoms with E-state index in [-0.39, 0.29) is 12.1 Å². The van der Waals surface area contributed by atoms with E-state index in [0.29, 0.717) is 29.7 Å². The van der Waals surface area contributed by atoms with E-state index in [1.807, 2.05) is 53.4 Å². The van der Waals surface area contributed by atoms with Gasteiger partial charge >= 0.3 is 6.03 Å². The van der Waals surface area contributed by atoms with Gasteiger partial charge < -0.3 is 19.7 Å². The molecule has 0 atom stereocenters. The van der Waals surface area contributed by atoms with Crippen molar-refractivity contribution in [2.45, 2.75) is 18.9 Å². The van der Waals surface area contributed by atoms with Gasteiger partial charge in [0, 0.05) is 25.9 Å². The average Bonchev–Trinajstić information content (AvgIpc) is 3.11. The quantitative estimate of drug-likeness (QED) is 0.726. The fraction of sp³-hybridized carbons (Fsp3) is 0.300. The van der Waals surface area contributed by atoms with Gasteiger partial charge in [0.15, 0.2) is 0 Å². The number of hydrogen-bond acceptors (Lipinski definition) is 5. The van der Waals surface area contributed by atoms with Gasteiger partial charge in [0.25, 0.3) is 5.19 Å². The lowest BCUT2D eigenvalue weighted by Crippen LogP contribution is -2.43. The summed E-state index contributed by atoms with van der Waals surface area (Å²) in [4.78, 5) is 18.9. The number of anilines is 1. The molecule has 27 heavy (non-hydrogen) atoms. The number of urea groups is 1. The molecule has 0 bridgehead atoms. The van der Waals surface area contributed by atoms with Gasteiger partial charge in [0.1, 0.15) is 11.9 Å². The number of nitrogens with zero attached hydrogens (tertiary/aromatic N) is 2. The molecule has 1 aliphatic heterocycles. The Labute approximate surface area is 161 Å². The van der Waals surface area contributed by atoms with Crippen molar-refractivity contribution in [1.82, 2.24) is 9.88 Å². The van der Waals surface area contributed by atoms with Crippen molar-refractivity contribution in [2.24, 2.45) is 0 Å². The van der Waals surface area contributed by atoms with Crippen LogP contribution in [0.25, 0.3) is 10.2 Å². The summed E-state index contributed by atoms with van der Waals surface area (Å²) in [6.07, 6.45) is 1.66. The van der Waals surface area contributed by atoms with E-state index in [9.17, 15) is 4.79 Å². The third-order valence-electron chi connectivity index (χ3n) is 4.62. The van der Waals surface area contributed by atoms with Crippen LogP contribution in [0.5, 0.6) is 10.9 Å². The normalized spacial score (nSPS) is 14.9. The number of hydrogen-bond donors (Lipinski definition) is 1. The van der Waals surface area contributed by atoms with E-state index >= 15 is 0 Å². The molecule has 4 rings (SSSR count). The number of thiazole rings is 1. The van der Waals surface area contributed by atoms with Crippen molar-refractivity contribution in [3.05, 3.63) is 48.5 Å². The predicted octanol–water partition coefficient (Wildman–Crippen LogP) is 4.38. The maximum absolute atomic E-state index is 12.5. The molecule has 0 radical (unpaired) electrons. The number of benzene rings is 2. The number of ether oxygens (including phenoxy) is 2. The lowest BCUT2D eigenvalue weighted by atomic mass is 10.1. The Kier molecular flexibility index (Phi) is 5.11. The van der Waals surface area contributed by atoms with Gasteiger partial charge in [0.05, 0.1) is 23.0 Å². The second kappa shape index (κ2) is 7.84. The van der Waals surface area contributed by atoms with Crippen LogP contribution in [0.4, 0.5) is 10.5 Å². The van der Waals surface area contributed by atoms with Crippen molar-refractivity contribution in [3.8, 4) is 10.9 Å². The van der Waals surface area contributed by atoms with Crippen molar-refractivity contribution in [1.29, 1.82) is 0 Å². The molecule has 6 nitrogen and oxygen atoms in total. The number of methoxy groups -OCH3 is 1. The summed E-state index contributed by atoms with van der Waals surface area (Å²) >= 11 is 1.56. The molecule has 0 aliphatic carbocycles.